The van der Waals surface area contributed by atoms with Crippen molar-refractivity contribution in [3.63, 3.8) is 0 Å². The molecule has 0 bridgehead atoms. The number of hydrogen-bond donors (Lipinski definition) is 3. The minimum absolute atomic E-state index is 0.188. The normalized spacial score (nSPS) is 21.6. The van der Waals surface area contributed by atoms with Crippen molar-refractivity contribution in [2.75, 3.05) is 23.8 Å². The monoisotopic (exact) mass is 401 g/mol. The maximum Gasteiger partial charge on any atom is 0.230 e. The summed E-state index contributed by atoms with van der Waals surface area (Å²) < 4.78 is 9.83. The minimum atomic E-state index is 0.188. The molecule has 1 aliphatic heterocycles. The van der Waals surface area contributed by atoms with Crippen LogP contribution in [-0.4, -0.2) is 45.9 Å². The number of aryl methyl sites for hydroxylation is 1. The number of anilines is 2. The van der Waals surface area contributed by atoms with Crippen LogP contribution in [0, 0.1) is 6.92 Å². The van der Waals surface area contributed by atoms with Gasteiger partial charge in [0.05, 0.1) is 29.4 Å². The Morgan fingerprint density at radius 2 is 2.11 bits per heavy atom. The lowest BCUT2D eigenvalue weighted by Gasteiger charge is -2.23. The summed E-state index contributed by atoms with van der Waals surface area (Å²) in [6.45, 7) is 3.42. The first-order valence-electron chi connectivity index (χ1n) is 9.93. The Balaban J connectivity index is 1.56. The predicted octanol–water partition coefficient (Wildman–Crippen LogP) is 3.21. The van der Waals surface area contributed by atoms with Gasteiger partial charge in [-0.15, -0.1) is 0 Å². The molecule has 28 heavy (non-hydrogen) atoms. The van der Waals surface area contributed by atoms with Crippen molar-refractivity contribution in [3.05, 3.63) is 17.6 Å². The molecule has 150 valence electrons. The highest BCUT2D eigenvalue weighted by Gasteiger charge is 2.19. The van der Waals surface area contributed by atoms with Gasteiger partial charge in [0.2, 0.25) is 5.95 Å². The lowest BCUT2D eigenvalue weighted by molar-refractivity contribution is 0.194. The van der Waals surface area contributed by atoms with E-state index in [1.165, 1.54) is 49.8 Å². The molecule has 0 aromatic carbocycles. The molecule has 1 atom stereocenters. The Kier molecular flexibility index (Phi) is 6.01. The van der Waals surface area contributed by atoms with Crippen molar-refractivity contribution in [2.45, 2.75) is 57.5 Å². The largest absolute Gasteiger partial charge is 0.403 e. The van der Waals surface area contributed by atoms with Crippen LogP contribution in [0.15, 0.2) is 16.9 Å². The summed E-state index contributed by atoms with van der Waals surface area (Å²) in [5, 5.41) is 7.84. The molecular weight excluding hydrogens is 374 g/mol. The standard InChI is InChI=1S/C19H27N7OS/c1-12-16-17(22-13-5-3-2-4-6-13)24-19(25-18(16)28-26-12)23-15(9-20)10-21-14-7-8-27-11-14/h9-10,13-14H,2-8,11,20H2,1H3,(H2,22,23,24,25). The summed E-state index contributed by atoms with van der Waals surface area (Å²) in [7, 11) is 0. The summed E-state index contributed by atoms with van der Waals surface area (Å²) in [5.41, 5.74) is 7.41. The third kappa shape index (κ3) is 4.41. The van der Waals surface area contributed by atoms with Crippen LogP contribution in [0.5, 0.6) is 0 Å². The van der Waals surface area contributed by atoms with Crippen molar-refractivity contribution < 1.29 is 4.74 Å². The van der Waals surface area contributed by atoms with Crippen molar-refractivity contribution >= 4 is 39.7 Å². The van der Waals surface area contributed by atoms with Crippen LogP contribution < -0.4 is 16.4 Å². The second kappa shape index (κ2) is 8.83. The van der Waals surface area contributed by atoms with Gasteiger partial charge in [-0.2, -0.15) is 14.3 Å². The van der Waals surface area contributed by atoms with Crippen LogP contribution >= 0.6 is 11.5 Å². The third-order valence-electron chi connectivity index (χ3n) is 5.22. The average molecular weight is 402 g/mol. The molecule has 2 aromatic rings. The van der Waals surface area contributed by atoms with Crippen molar-refractivity contribution in [2.24, 2.45) is 10.7 Å². The highest BCUT2D eigenvalue weighted by molar-refractivity contribution is 7.13. The average Bonchev–Trinajstić information content (AvgIpc) is 3.36. The third-order valence-corrected chi connectivity index (χ3v) is 6.05. The van der Waals surface area contributed by atoms with Crippen LogP contribution in [0.25, 0.3) is 10.2 Å². The molecule has 0 amide bonds. The zero-order valence-electron chi connectivity index (χ0n) is 16.1. The molecule has 2 fully saturated rings. The van der Waals surface area contributed by atoms with Gasteiger partial charge in [0.1, 0.15) is 5.82 Å². The van der Waals surface area contributed by atoms with Crippen molar-refractivity contribution in [1.82, 2.24) is 14.3 Å². The van der Waals surface area contributed by atoms with E-state index in [1.54, 1.807) is 6.21 Å². The van der Waals surface area contributed by atoms with Gasteiger partial charge in [-0.05, 0) is 37.7 Å². The number of ether oxygens (including phenoxy) is 1. The number of nitrogens with one attached hydrogen (secondary N) is 2. The lowest BCUT2D eigenvalue weighted by Crippen LogP contribution is -2.23. The van der Waals surface area contributed by atoms with E-state index >= 15 is 0 Å². The topological polar surface area (TPSA) is 110 Å². The van der Waals surface area contributed by atoms with E-state index < -0.39 is 0 Å². The summed E-state index contributed by atoms with van der Waals surface area (Å²) >= 11 is 1.39. The van der Waals surface area contributed by atoms with Crippen LogP contribution in [0.4, 0.5) is 11.8 Å². The highest BCUT2D eigenvalue weighted by atomic mass is 32.1. The van der Waals surface area contributed by atoms with Gasteiger partial charge in [0.15, 0.2) is 4.83 Å². The van der Waals surface area contributed by atoms with E-state index in [2.05, 4.69) is 25.0 Å². The number of fused-ring (bicyclic) bond motifs is 1. The molecule has 1 aliphatic carbocycles. The smallest absolute Gasteiger partial charge is 0.230 e. The molecule has 2 aromatic heterocycles. The van der Waals surface area contributed by atoms with Gasteiger partial charge in [-0.3, -0.25) is 4.99 Å². The lowest BCUT2D eigenvalue weighted by atomic mass is 9.95. The van der Waals surface area contributed by atoms with Crippen molar-refractivity contribution in [3.8, 4) is 0 Å². The molecule has 0 spiro atoms. The number of rotatable bonds is 6. The first kappa shape index (κ1) is 19.1. The van der Waals surface area contributed by atoms with Gasteiger partial charge in [-0.1, -0.05) is 19.3 Å². The number of aliphatic imine (C=N–C) groups is 1. The van der Waals surface area contributed by atoms with E-state index in [9.17, 15) is 0 Å². The fourth-order valence-corrected chi connectivity index (χ4v) is 4.44. The summed E-state index contributed by atoms with van der Waals surface area (Å²) in [4.78, 5) is 14.8. The Hall–Kier alpha value is -2.26. The SMILES string of the molecule is Cc1nsc2nc(NC(C=NC3CCOC3)=CN)nc(NC3CCCCC3)c12. The van der Waals surface area contributed by atoms with Gasteiger partial charge < -0.3 is 21.1 Å². The van der Waals surface area contributed by atoms with Gasteiger partial charge in [0.25, 0.3) is 0 Å². The van der Waals surface area contributed by atoms with E-state index in [0.29, 0.717) is 24.3 Å². The van der Waals surface area contributed by atoms with E-state index in [4.69, 9.17) is 15.5 Å². The molecule has 4 N–H and O–H groups in total. The molecule has 8 nitrogen and oxygen atoms in total. The zero-order chi connectivity index (χ0) is 19.3. The Morgan fingerprint density at radius 3 is 2.86 bits per heavy atom. The molecular formula is C19H27N7OS. The summed E-state index contributed by atoms with van der Waals surface area (Å²) in [6.07, 6.45) is 10.4. The molecule has 3 heterocycles. The fraction of sp³-hybridized carbons (Fsp3) is 0.579. The van der Waals surface area contributed by atoms with Crippen molar-refractivity contribution in [1.29, 1.82) is 0 Å². The maximum absolute atomic E-state index is 5.78. The number of aromatic nitrogens is 3. The number of hydrogen-bond acceptors (Lipinski definition) is 9. The molecule has 4 rings (SSSR count). The van der Waals surface area contributed by atoms with Crippen LogP contribution in [0.2, 0.25) is 0 Å². The van der Waals surface area contributed by atoms with E-state index in [-0.39, 0.29) is 6.04 Å². The second-order valence-corrected chi connectivity index (χ2v) is 8.12. The minimum Gasteiger partial charge on any atom is -0.403 e. The van der Waals surface area contributed by atoms with Gasteiger partial charge in [0, 0.05) is 25.1 Å². The second-order valence-electron chi connectivity index (χ2n) is 7.37. The quantitative estimate of drug-likeness (QED) is 0.637. The Bertz CT molecular complexity index is 867. The molecule has 9 heteroatoms. The van der Waals surface area contributed by atoms with Crippen LogP contribution in [0.1, 0.15) is 44.2 Å². The number of nitrogens with two attached hydrogens (primary N) is 1. The first-order chi connectivity index (χ1) is 13.7. The molecule has 0 radical (unpaired) electrons. The van der Waals surface area contributed by atoms with Gasteiger partial charge in [-0.25, -0.2) is 0 Å². The molecule has 1 saturated carbocycles. The molecule has 1 saturated heterocycles. The van der Waals surface area contributed by atoms with Gasteiger partial charge >= 0.3 is 0 Å². The number of allylic oxidation sites excluding steroid dienone is 1. The predicted molar refractivity (Wildman–Crippen MR) is 114 cm³/mol. The van der Waals surface area contributed by atoms with Crippen LogP contribution in [0.3, 0.4) is 0 Å². The first-order valence-corrected chi connectivity index (χ1v) is 10.7. The Labute approximate surface area is 168 Å². The summed E-state index contributed by atoms with van der Waals surface area (Å²) in [6, 6.07) is 0.639. The summed E-state index contributed by atoms with van der Waals surface area (Å²) in [5.74, 6) is 1.35. The van der Waals surface area contributed by atoms with E-state index in [1.807, 2.05) is 6.92 Å². The fourth-order valence-electron chi connectivity index (χ4n) is 3.66. The van der Waals surface area contributed by atoms with E-state index in [0.717, 1.165) is 34.8 Å². The van der Waals surface area contributed by atoms with Crippen LogP contribution in [-0.2, 0) is 4.74 Å². The molecule has 2 aliphatic rings. The molecule has 1 unspecified atom stereocenters. The maximum atomic E-state index is 5.78. The highest BCUT2D eigenvalue weighted by Crippen LogP contribution is 2.30. The Morgan fingerprint density at radius 1 is 1.25 bits per heavy atom. The number of nitrogens with zero attached hydrogens (tertiary/aromatic N) is 4. The zero-order valence-corrected chi connectivity index (χ0v) is 17.0.